The van der Waals surface area contributed by atoms with Crippen molar-refractivity contribution in [2.45, 2.75) is 38.7 Å². The monoisotopic (exact) mass is 200 g/mol. The van der Waals surface area contributed by atoms with Crippen LogP contribution in [0, 0.1) is 0 Å². The summed E-state index contributed by atoms with van der Waals surface area (Å²) in [6.45, 7) is 7.16. The molecule has 3 heteroatoms. The smallest absolute Gasteiger partial charge is 0.0791 e. The fraction of sp³-hybridized carbons (Fsp3) is 1.00. The Bertz CT molecular complexity index is 135. The van der Waals surface area contributed by atoms with E-state index in [9.17, 15) is 5.11 Å². The van der Waals surface area contributed by atoms with Crippen molar-refractivity contribution in [2.75, 3.05) is 32.7 Å². The molecule has 1 saturated heterocycles. The zero-order valence-corrected chi connectivity index (χ0v) is 9.34. The van der Waals surface area contributed by atoms with Gasteiger partial charge in [-0.2, -0.15) is 0 Å². The number of hydrogen-bond acceptors (Lipinski definition) is 3. The maximum absolute atomic E-state index is 9.70. The average Bonchev–Trinajstić information content (AvgIpc) is 2.65. The van der Waals surface area contributed by atoms with Gasteiger partial charge >= 0.3 is 0 Å². The second kappa shape index (κ2) is 7.21. The largest absolute Gasteiger partial charge is 0.390 e. The second-order valence-corrected chi connectivity index (χ2v) is 4.22. The number of hydrogen-bond donors (Lipinski definition) is 2. The maximum Gasteiger partial charge on any atom is 0.0791 e. The molecule has 2 N–H and O–H groups in total. The van der Waals surface area contributed by atoms with Crippen LogP contribution in [0.25, 0.3) is 0 Å². The van der Waals surface area contributed by atoms with E-state index in [4.69, 9.17) is 0 Å². The first kappa shape index (κ1) is 12.0. The Balaban J connectivity index is 1.95. The molecule has 1 rings (SSSR count). The number of nitrogens with zero attached hydrogens (tertiary/aromatic N) is 1. The number of aliphatic hydroxyl groups excluding tert-OH is 1. The molecule has 0 aliphatic carbocycles. The van der Waals surface area contributed by atoms with E-state index in [-0.39, 0.29) is 6.10 Å². The number of aliphatic hydroxyl groups is 1. The van der Waals surface area contributed by atoms with Gasteiger partial charge in [0.25, 0.3) is 0 Å². The van der Waals surface area contributed by atoms with E-state index >= 15 is 0 Å². The van der Waals surface area contributed by atoms with Crippen molar-refractivity contribution in [1.29, 1.82) is 0 Å². The van der Waals surface area contributed by atoms with E-state index in [1.807, 2.05) is 0 Å². The third-order valence-electron chi connectivity index (χ3n) is 2.75. The molecule has 3 nitrogen and oxygen atoms in total. The van der Waals surface area contributed by atoms with Gasteiger partial charge in [0.1, 0.15) is 0 Å². The van der Waals surface area contributed by atoms with Crippen LogP contribution in [0.4, 0.5) is 0 Å². The molecule has 1 aliphatic heterocycles. The first-order valence-electron chi connectivity index (χ1n) is 5.94. The summed E-state index contributed by atoms with van der Waals surface area (Å²) in [5.74, 6) is 0. The van der Waals surface area contributed by atoms with Crippen molar-refractivity contribution in [2.24, 2.45) is 0 Å². The highest BCUT2D eigenvalue weighted by Crippen LogP contribution is 2.07. The predicted octanol–water partition coefficient (Wildman–Crippen LogP) is 0.833. The van der Waals surface area contributed by atoms with Crippen LogP contribution in [0.5, 0.6) is 0 Å². The van der Waals surface area contributed by atoms with E-state index in [1.165, 1.54) is 38.8 Å². The first-order chi connectivity index (χ1) is 6.83. The van der Waals surface area contributed by atoms with Crippen molar-refractivity contribution in [3.05, 3.63) is 0 Å². The highest BCUT2D eigenvalue weighted by atomic mass is 16.3. The summed E-state index contributed by atoms with van der Waals surface area (Å²) in [7, 11) is 0. The van der Waals surface area contributed by atoms with Gasteiger partial charge in [-0.25, -0.2) is 0 Å². The van der Waals surface area contributed by atoms with Gasteiger partial charge in [0.05, 0.1) is 6.10 Å². The minimum Gasteiger partial charge on any atom is -0.390 e. The lowest BCUT2D eigenvalue weighted by Crippen LogP contribution is -2.37. The molecule has 1 fully saturated rings. The second-order valence-electron chi connectivity index (χ2n) is 4.22. The number of likely N-dealkylation sites (tertiary alicyclic amines) is 1. The van der Waals surface area contributed by atoms with E-state index in [1.54, 1.807) is 0 Å². The fourth-order valence-electron chi connectivity index (χ4n) is 1.90. The number of rotatable bonds is 7. The lowest BCUT2D eigenvalue weighted by Gasteiger charge is -2.19. The molecule has 0 saturated carbocycles. The summed E-state index contributed by atoms with van der Waals surface area (Å²) in [5, 5.41) is 13.0. The zero-order valence-electron chi connectivity index (χ0n) is 9.34. The number of nitrogens with one attached hydrogen (secondary N) is 1. The third kappa shape index (κ3) is 4.94. The van der Waals surface area contributed by atoms with E-state index < -0.39 is 0 Å². The lowest BCUT2D eigenvalue weighted by molar-refractivity contribution is 0.123. The summed E-state index contributed by atoms with van der Waals surface area (Å²) in [6.07, 6.45) is 4.84. The van der Waals surface area contributed by atoms with Crippen molar-refractivity contribution in [3.63, 3.8) is 0 Å². The molecular weight excluding hydrogens is 176 g/mol. The van der Waals surface area contributed by atoms with Crippen LogP contribution in [0.2, 0.25) is 0 Å². The summed E-state index contributed by atoms with van der Waals surface area (Å²) in [4.78, 5) is 2.35. The summed E-state index contributed by atoms with van der Waals surface area (Å²) < 4.78 is 0. The number of β-amino-alcohol motifs (C(OH)–C–C–N with tert-alkyl or cyclic N) is 1. The van der Waals surface area contributed by atoms with E-state index in [0.29, 0.717) is 0 Å². The minimum absolute atomic E-state index is 0.190. The molecule has 1 atom stereocenters. The van der Waals surface area contributed by atoms with Crippen LogP contribution >= 0.6 is 0 Å². The van der Waals surface area contributed by atoms with Crippen LogP contribution < -0.4 is 5.32 Å². The van der Waals surface area contributed by atoms with Gasteiger partial charge in [0, 0.05) is 13.1 Å². The molecule has 84 valence electrons. The topological polar surface area (TPSA) is 35.5 Å². The third-order valence-corrected chi connectivity index (χ3v) is 2.75. The van der Waals surface area contributed by atoms with Crippen LogP contribution in [-0.4, -0.2) is 48.8 Å². The predicted molar refractivity (Wildman–Crippen MR) is 59.5 cm³/mol. The Morgan fingerprint density at radius 2 is 2.07 bits per heavy atom. The van der Waals surface area contributed by atoms with Gasteiger partial charge < -0.3 is 15.3 Å². The minimum atomic E-state index is -0.190. The van der Waals surface area contributed by atoms with Crippen LogP contribution in [0.3, 0.4) is 0 Å². The highest BCUT2D eigenvalue weighted by Gasteiger charge is 2.14. The van der Waals surface area contributed by atoms with Crippen LogP contribution in [0.1, 0.15) is 32.6 Å². The normalized spacial score (nSPS) is 20.1. The maximum atomic E-state index is 9.70. The quantitative estimate of drug-likeness (QED) is 0.598. The van der Waals surface area contributed by atoms with Gasteiger partial charge in [-0.05, 0) is 38.9 Å². The Labute approximate surface area is 87.5 Å². The molecule has 14 heavy (non-hydrogen) atoms. The summed E-state index contributed by atoms with van der Waals surface area (Å²) >= 11 is 0. The van der Waals surface area contributed by atoms with Crippen molar-refractivity contribution >= 4 is 0 Å². The molecule has 0 amide bonds. The molecule has 0 bridgehead atoms. The van der Waals surface area contributed by atoms with Crippen molar-refractivity contribution in [3.8, 4) is 0 Å². The zero-order chi connectivity index (χ0) is 10.2. The molecule has 1 unspecified atom stereocenters. The molecule has 0 spiro atoms. The lowest BCUT2D eigenvalue weighted by atomic mass is 10.3. The molecule has 1 aliphatic rings. The first-order valence-corrected chi connectivity index (χ1v) is 5.94. The molecule has 0 aromatic rings. The summed E-state index contributed by atoms with van der Waals surface area (Å²) in [6, 6.07) is 0. The molecule has 0 aromatic carbocycles. The Morgan fingerprint density at radius 1 is 1.36 bits per heavy atom. The van der Waals surface area contributed by atoms with E-state index in [0.717, 1.165) is 19.6 Å². The highest BCUT2D eigenvalue weighted by molar-refractivity contribution is 4.71. The van der Waals surface area contributed by atoms with Crippen molar-refractivity contribution in [1.82, 2.24) is 10.2 Å². The molecule has 0 radical (unpaired) electrons. The molecule has 1 heterocycles. The van der Waals surface area contributed by atoms with Crippen LogP contribution in [0.15, 0.2) is 0 Å². The Morgan fingerprint density at radius 3 is 2.71 bits per heavy atom. The van der Waals surface area contributed by atoms with Gasteiger partial charge in [-0.1, -0.05) is 13.3 Å². The summed E-state index contributed by atoms with van der Waals surface area (Å²) in [5.41, 5.74) is 0. The number of unbranched alkanes of at least 4 members (excludes halogenated alkanes) is 1. The van der Waals surface area contributed by atoms with Gasteiger partial charge in [0.15, 0.2) is 0 Å². The molecular formula is C11H24N2O. The molecule has 0 aromatic heterocycles. The van der Waals surface area contributed by atoms with Gasteiger partial charge in [0.2, 0.25) is 0 Å². The Hall–Kier alpha value is -0.120. The van der Waals surface area contributed by atoms with Gasteiger partial charge in [-0.15, -0.1) is 0 Å². The SMILES string of the molecule is CCCCNCC(O)CN1CCCC1. The average molecular weight is 200 g/mol. The standard InChI is InChI=1S/C11H24N2O/c1-2-3-6-12-9-11(14)10-13-7-4-5-8-13/h11-12,14H,2-10H2,1H3. The van der Waals surface area contributed by atoms with Crippen molar-refractivity contribution < 1.29 is 5.11 Å². The fourth-order valence-corrected chi connectivity index (χ4v) is 1.90. The van der Waals surface area contributed by atoms with Crippen LogP contribution in [-0.2, 0) is 0 Å². The Kier molecular flexibility index (Phi) is 6.15. The van der Waals surface area contributed by atoms with E-state index in [2.05, 4.69) is 17.1 Å². The van der Waals surface area contributed by atoms with Gasteiger partial charge in [-0.3, -0.25) is 0 Å².